The van der Waals surface area contributed by atoms with Gasteiger partial charge in [0.2, 0.25) is 5.91 Å². The van der Waals surface area contributed by atoms with Crippen LogP contribution in [0.1, 0.15) is 22.8 Å². The molecule has 0 unspecified atom stereocenters. The summed E-state index contributed by atoms with van der Waals surface area (Å²) in [5.41, 5.74) is 0.599. The third-order valence-corrected chi connectivity index (χ3v) is 5.17. The predicted molar refractivity (Wildman–Crippen MR) is 102 cm³/mol. The minimum absolute atomic E-state index is 0.0284. The Kier molecular flexibility index (Phi) is 6.92. The number of carbonyl (C=O) groups is 2. The number of thioether (sulfide) groups is 1. The van der Waals surface area contributed by atoms with Crippen molar-refractivity contribution in [3.8, 4) is 0 Å². The first kappa shape index (κ1) is 20.9. The minimum Gasteiger partial charge on any atom is -0.341 e. The summed E-state index contributed by atoms with van der Waals surface area (Å²) in [6.07, 6.45) is 0. The van der Waals surface area contributed by atoms with E-state index in [2.05, 4.69) is 0 Å². The number of nitro benzene ring substituents is 1. The number of rotatable bonds is 7. The van der Waals surface area contributed by atoms with Gasteiger partial charge in [0, 0.05) is 41.2 Å². The number of non-ortho nitro benzene ring substituents is 1. The summed E-state index contributed by atoms with van der Waals surface area (Å²) in [6, 6.07) is 8.12. The first-order chi connectivity index (χ1) is 12.7. The maximum absolute atomic E-state index is 14.0. The van der Waals surface area contributed by atoms with Crippen molar-refractivity contribution in [1.82, 2.24) is 4.90 Å². The number of nitrogens with zero attached hydrogens (tertiary/aromatic N) is 2. The van der Waals surface area contributed by atoms with Gasteiger partial charge in [-0.3, -0.25) is 19.7 Å². The lowest BCUT2D eigenvalue weighted by Crippen LogP contribution is -2.28. The van der Waals surface area contributed by atoms with Crippen LogP contribution in [0.4, 0.5) is 10.1 Å². The summed E-state index contributed by atoms with van der Waals surface area (Å²) in [5.74, 6) is -1.13. The monoisotopic (exact) mass is 410 g/mol. The number of amides is 1. The molecule has 0 saturated heterocycles. The molecule has 0 aliphatic carbocycles. The number of hydrogen-bond acceptors (Lipinski definition) is 5. The van der Waals surface area contributed by atoms with Crippen LogP contribution in [-0.2, 0) is 11.3 Å². The van der Waals surface area contributed by atoms with Crippen molar-refractivity contribution in [1.29, 1.82) is 0 Å². The van der Waals surface area contributed by atoms with Crippen LogP contribution < -0.4 is 0 Å². The van der Waals surface area contributed by atoms with Crippen molar-refractivity contribution in [2.45, 2.75) is 18.4 Å². The van der Waals surface area contributed by atoms with E-state index >= 15 is 0 Å². The fourth-order valence-electron chi connectivity index (χ4n) is 2.23. The SMILES string of the molecule is CC(=O)c1ccc(SCC(=O)N(C)Cc2cc([N+](=O)[O-])ccc2Cl)c(F)c1. The third kappa shape index (κ3) is 5.51. The summed E-state index contributed by atoms with van der Waals surface area (Å²) in [6.45, 7) is 1.44. The van der Waals surface area contributed by atoms with Crippen LogP contribution in [0, 0.1) is 15.9 Å². The van der Waals surface area contributed by atoms with Gasteiger partial charge in [0.15, 0.2) is 5.78 Å². The number of ketones is 1. The van der Waals surface area contributed by atoms with Crippen molar-refractivity contribution in [3.63, 3.8) is 0 Å². The van der Waals surface area contributed by atoms with E-state index in [9.17, 15) is 24.1 Å². The van der Waals surface area contributed by atoms with Gasteiger partial charge in [-0.25, -0.2) is 4.39 Å². The van der Waals surface area contributed by atoms with E-state index in [1.54, 1.807) is 0 Å². The number of halogens is 2. The molecule has 1 amide bonds. The molecule has 0 aromatic heterocycles. The Morgan fingerprint density at radius 1 is 1.26 bits per heavy atom. The highest BCUT2D eigenvalue weighted by Crippen LogP contribution is 2.25. The van der Waals surface area contributed by atoms with Gasteiger partial charge >= 0.3 is 0 Å². The molecule has 2 aromatic rings. The largest absolute Gasteiger partial charge is 0.341 e. The van der Waals surface area contributed by atoms with Crippen LogP contribution in [0.25, 0.3) is 0 Å². The zero-order valence-electron chi connectivity index (χ0n) is 14.6. The Hall–Kier alpha value is -2.45. The van der Waals surface area contributed by atoms with Gasteiger partial charge in [0.05, 0.1) is 10.7 Å². The molecule has 0 aliphatic rings. The minimum atomic E-state index is -0.565. The number of benzene rings is 2. The second-order valence-corrected chi connectivity index (χ2v) is 7.20. The second-order valence-electron chi connectivity index (χ2n) is 5.77. The molecule has 0 bridgehead atoms. The molecule has 0 spiro atoms. The van der Waals surface area contributed by atoms with Gasteiger partial charge in [-0.05, 0) is 30.7 Å². The first-order valence-corrected chi connectivity index (χ1v) is 9.15. The van der Waals surface area contributed by atoms with E-state index in [0.29, 0.717) is 10.6 Å². The molecule has 0 radical (unpaired) electrons. The molecule has 0 heterocycles. The van der Waals surface area contributed by atoms with Crippen molar-refractivity contribution in [2.24, 2.45) is 0 Å². The fourth-order valence-corrected chi connectivity index (χ4v) is 3.26. The highest BCUT2D eigenvalue weighted by atomic mass is 35.5. The molecular formula is C18H16ClFN2O4S. The zero-order chi connectivity index (χ0) is 20.1. The van der Waals surface area contributed by atoms with Gasteiger partial charge in [-0.1, -0.05) is 17.7 Å². The quantitative estimate of drug-likeness (QED) is 0.293. The van der Waals surface area contributed by atoms with Crippen LogP contribution in [0.15, 0.2) is 41.3 Å². The highest BCUT2D eigenvalue weighted by molar-refractivity contribution is 8.00. The van der Waals surface area contributed by atoms with E-state index in [4.69, 9.17) is 11.6 Å². The number of carbonyl (C=O) groups excluding carboxylic acids is 2. The van der Waals surface area contributed by atoms with Crippen molar-refractivity contribution in [2.75, 3.05) is 12.8 Å². The van der Waals surface area contributed by atoms with Crippen LogP contribution in [-0.4, -0.2) is 34.3 Å². The fraction of sp³-hybridized carbons (Fsp3) is 0.222. The summed E-state index contributed by atoms with van der Waals surface area (Å²) >= 11 is 7.05. The molecule has 0 aliphatic heterocycles. The maximum Gasteiger partial charge on any atom is 0.269 e. The lowest BCUT2D eigenvalue weighted by Gasteiger charge is -2.18. The smallest absolute Gasteiger partial charge is 0.269 e. The van der Waals surface area contributed by atoms with E-state index in [1.165, 1.54) is 49.2 Å². The molecule has 0 atom stereocenters. The molecule has 2 aromatic carbocycles. The lowest BCUT2D eigenvalue weighted by molar-refractivity contribution is -0.384. The topological polar surface area (TPSA) is 80.5 Å². The molecular weight excluding hydrogens is 395 g/mol. The van der Waals surface area contributed by atoms with Gasteiger partial charge < -0.3 is 4.90 Å². The molecule has 0 fully saturated rings. The number of Topliss-reactive ketones (excluding diaryl/α,β-unsaturated/α-hetero) is 1. The lowest BCUT2D eigenvalue weighted by atomic mass is 10.1. The average Bonchev–Trinajstić information content (AvgIpc) is 2.61. The van der Waals surface area contributed by atoms with Gasteiger partial charge in [-0.2, -0.15) is 0 Å². The van der Waals surface area contributed by atoms with Crippen LogP contribution >= 0.6 is 23.4 Å². The van der Waals surface area contributed by atoms with Crippen molar-refractivity contribution in [3.05, 3.63) is 68.5 Å². The van der Waals surface area contributed by atoms with E-state index < -0.39 is 10.7 Å². The molecule has 27 heavy (non-hydrogen) atoms. The summed E-state index contributed by atoms with van der Waals surface area (Å²) < 4.78 is 14.0. The molecule has 0 N–H and O–H groups in total. The third-order valence-electron chi connectivity index (χ3n) is 3.76. The van der Waals surface area contributed by atoms with Crippen LogP contribution in [0.5, 0.6) is 0 Å². The van der Waals surface area contributed by atoms with Crippen molar-refractivity contribution < 1.29 is 18.9 Å². The van der Waals surface area contributed by atoms with Crippen LogP contribution in [0.2, 0.25) is 5.02 Å². The molecule has 0 saturated carbocycles. The summed E-state index contributed by atoms with van der Waals surface area (Å²) in [4.78, 5) is 35.5. The average molecular weight is 411 g/mol. The Balaban J connectivity index is 2.01. The zero-order valence-corrected chi connectivity index (χ0v) is 16.1. The van der Waals surface area contributed by atoms with E-state index in [1.807, 2.05) is 0 Å². The molecule has 2 rings (SSSR count). The normalized spacial score (nSPS) is 10.5. The summed E-state index contributed by atoms with van der Waals surface area (Å²) in [7, 11) is 1.53. The Labute approximate surface area is 164 Å². The maximum atomic E-state index is 14.0. The van der Waals surface area contributed by atoms with E-state index in [0.717, 1.165) is 17.8 Å². The van der Waals surface area contributed by atoms with Crippen LogP contribution in [0.3, 0.4) is 0 Å². The predicted octanol–water partition coefficient (Wildman–Crippen LogP) is 4.34. The molecule has 9 heteroatoms. The first-order valence-electron chi connectivity index (χ1n) is 7.79. The molecule has 6 nitrogen and oxygen atoms in total. The van der Waals surface area contributed by atoms with Gasteiger partial charge in [0.25, 0.3) is 5.69 Å². The number of nitro groups is 1. The van der Waals surface area contributed by atoms with Gasteiger partial charge in [-0.15, -0.1) is 11.8 Å². The Morgan fingerprint density at radius 2 is 1.96 bits per heavy atom. The second kappa shape index (κ2) is 8.96. The van der Waals surface area contributed by atoms with Gasteiger partial charge in [0.1, 0.15) is 5.82 Å². The highest BCUT2D eigenvalue weighted by Gasteiger charge is 2.16. The Bertz CT molecular complexity index is 907. The summed E-state index contributed by atoms with van der Waals surface area (Å²) in [5, 5.41) is 11.2. The molecule has 142 valence electrons. The van der Waals surface area contributed by atoms with E-state index in [-0.39, 0.29) is 40.1 Å². The standard InChI is InChI=1S/C18H16ClFN2O4S/c1-11(23)12-3-6-17(16(20)8-12)27-10-18(24)21(2)9-13-7-14(22(25)26)4-5-15(13)19/h3-8H,9-10H2,1-2H3. The Morgan fingerprint density at radius 3 is 2.56 bits per heavy atom. The number of hydrogen-bond donors (Lipinski definition) is 0. The van der Waals surface area contributed by atoms with Crippen molar-refractivity contribution >= 4 is 40.7 Å².